The lowest BCUT2D eigenvalue weighted by molar-refractivity contribution is 0.0882. The van der Waals surface area contributed by atoms with Gasteiger partial charge in [-0.2, -0.15) is 0 Å². The molecule has 3 aromatic carbocycles. The number of carbonyl (C=O) groups is 2. The molecule has 6 heteroatoms. The van der Waals surface area contributed by atoms with Gasteiger partial charge in [-0.15, -0.1) is 0 Å². The topological polar surface area (TPSA) is 76.7 Å². The number of rotatable bonds is 12. The van der Waals surface area contributed by atoms with Gasteiger partial charge in [0.15, 0.2) is 11.5 Å². The van der Waals surface area contributed by atoms with Crippen molar-refractivity contribution < 1.29 is 19.1 Å². The molecule has 0 radical (unpaired) electrons. The standard InChI is InChI=1S/C30H36N2O4/c1-5-6-7-12-19-36-26-18-17-23(20-27(26)35-4)28(31-29(33)24-15-10-8-13-21(24)2)32-30(34)25-16-11-9-14-22(25)3/h8-11,13-18,20,28H,5-7,12,19H2,1-4H3,(H,31,33)(H,32,34). The van der Waals surface area contributed by atoms with Crippen LogP contribution in [0.5, 0.6) is 11.5 Å². The Hall–Kier alpha value is -3.80. The van der Waals surface area contributed by atoms with Crippen molar-refractivity contribution in [3.05, 3.63) is 94.5 Å². The van der Waals surface area contributed by atoms with Crippen LogP contribution in [-0.2, 0) is 0 Å². The number of carbonyl (C=O) groups excluding carboxylic acids is 2. The number of benzene rings is 3. The summed E-state index contributed by atoms with van der Waals surface area (Å²) in [5, 5.41) is 5.96. The third-order valence-electron chi connectivity index (χ3n) is 6.11. The van der Waals surface area contributed by atoms with Crippen LogP contribution in [0.2, 0.25) is 0 Å². The first-order chi connectivity index (χ1) is 17.4. The molecule has 3 rings (SSSR count). The zero-order chi connectivity index (χ0) is 25.9. The van der Waals surface area contributed by atoms with Crippen LogP contribution < -0.4 is 20.1 Å². The number of hydrogen-bond acceptors (Lipinski definition) is 4. The fourth-order valence-electron chi connectivity index (χ4n) is 3.97. The Labute approximate surface area is 214 Å². The Morgan fingerprint density at radius 2 is 1.36 bits per heavy atom. The van der Waals surface area contributed by atoms with Crippen molar-refractivity contribution in [2.24, 2.45) is 0 Å². The molecule has 0 bridgehead atoms. The highest BCUT2D eigenvalue weighted by molar-refractivity contribution is 5.98. The van der Waals surface area contributed by atoms with Gasteiger partial charge in [0, 0.05) is 11.1 Å². The quantitative estimate of drug-likeness (QED) is 0.238. The van der Waals surface area contributed by atoms with Crippen LogP contribution in [0.1, 0.15) is 76.2 Å². The molecule has 0 spiro atoms. The summed E-state index contributed by atoms with van der Waals surface area (Å²) in [7, 11) is 1.58. The summed E-state index contributed by atoms with van der Waals surface area (Å²) in [5.74, 6) is 0.618. The van der Waals surface area contributed by atoms with Gasteiger partial charge in [0.05, 0.1) is 13.7 Å². The molecule has 0 heterocycles. The predicted octanol–water partition coefficient (Wildman–Crippen LogP) is 6.13. The minimum absolute atomic E-state index is 0.279. The fourth-order valence-corrected chi connectivity index (χ4v) is 3.97. The average Bonchev–Trinajstić information content (AvgIpc) is 2.88. The van der Waals surface area contributed by atoms with E-state index in [2.05, 4.69) is 17.6 Å². The number of methoxy groups -OCH3 is 1. The Morgan fingerprint density at radius 1 is 0.778 bits per heavy atom. The number of ether oxygens (including phenoxy) is 2. The van der Waals surface area contributed by atoms with Crippen LogP contribution in [0.4, 0.5) is 0 Å². The summed E-state index contributed by atoms with van der Waals surface area (Å²) < 4.78 is 11.5. The lowest BCUT2D eigenvalue weighted by Crippen LogP contribution is -2.41. The van der Waals surface area contributed by atoms with Gasteiger partial charge in [0.2, 0.25) is 0 Å². The maximum atomic E-state index is 13.2. The van der Waals surface area contributed by atoms with Crippen molar-refractivity contribution >= 4 is 11.8 Å². The second kappa shape index (κ2) is 13.3. The van der Waals surface area contributed by atoms with E-state index >= 15 is 0 Å². The molecule has 0 aliphatic heterocycles. The number of amides is 2. The summed E-state index contributed by atoms with van der Waals surface area (Å²) in [4.78, 5) is 26.3. The van der Waals surface area contributed by atoms with Crippen molar-refractivity contribution in [3.8, 4) is 11.5 Å². The number of aryl methyl sites for hydroxylation is 2. The highest BCUT2D eigenvalue weighted by Gasteiger charge is 2.22. The SMILES string of the molecule is CCCCCCOc1ccc(C(NC(=O)c2ccccc2C)NC(=O)c2ccccc2C)cc1OC. The summed E-state index contributed by atoms with van der Waals surface area (Å²) in [6, 6.07) is 20.1. The Kier molecular flexibility index (Phi) is 9.92. The van der Waals surface area contributed by atoms with E-state index in [1.165, 1.54) is 12.8 Å². The molecule has 0 saturated carbocycles. The van der Waals surface area contributed by atoms with Gasteiger partial charge in [-0.3, -0.25) is 9.59 Å². The molecule has 0 aromatic heterocycles. The highest BCUT2D eigenvalue weighted by Crippen LogP contribution is 2.30. The molecule has 6 nitrogen and oxygen atoms in total. The van der Waals surface area contributed by atoms with Gasteiger partial charge in [0.1, 0.15) is 6.17 Å². The van der Waals surface area contributed by atoms with E-state index in [4.69, 9.17) is 9.47 Å². The first-order valence-electron chi connectivity index (χ1n) is 12.5. The Balaban J connectivity index is 1.86. The third kappa shape index (κ3) is 7.11. The summed E-state index contributed by atoms with van der Waals surface area (Å²) >= 11 is 0. The van der Waals surface area contributed by atoms with E-state index in [9.17, 15) is 9.59 Å². The second-order valence-corrected chi connectivity index (χ2v) is 8.83. The normalized spacial score (nSPS) is 10.7. The monoisotopic (exact) mass is 488 g/mol. The van der Waals surface area contributed by atoms with E-state index < -0.39 is 6.17 Å². The largest absolute Gasteiger partial charge is 0.493 e. The highest BCUT2D eigenvalue weighted by atomic mass is 16.5. The molecule has 36 heavy (non-hydrogen) atoms. The minimum atomic E-state index is -0.781. The van der Waals surface area contributed by atoms with E-state index in [0.717, 1.165) is 24.0 Å². The number of nitrogens with one attached hydrogen (secondary N) is 2. The zero-order valence-corrected chi connectivity index (χ0v) is 21.6. The molecule has 0 aliphatic rings. The van der Waals surface area contributed by atoms with Crippen LogP contribution in [-0.4, -0.2) is 25.5 Å². The van der Waals surface area contributed by atoms with Crippen LogP contribution >= 0.6 is 0 Å². The van der Waals surface area contributed by atoms with Gasteiger partial charge in [-0.1, -0.05) is 68.7 Å². The molecule has 0 fully saturated rings. The molecule has 0 saturated heterocycles. The lowest BCUT2D eigenvalue weighted by atomic mass is 10.1. The van der Waals surface area contributed by atoms with Crippen molar-refractivity contribution in [1.29, 1.82) is 0 Å². The summed E-state index contributed by atoms with van der Waals surface area (Å²) in [6.45, 7) is 6.54. The first kappa shape index (κ1) is 26.8. The Morgan fingerprint density at radius 3 is 1.89 bits per heavy atom. The molecule has 3 aromatic rings. The molecule has 2 amide bonds. The third-order valence-corrected chi connectivity index (χ3v) is 6.11. The smallest absolute Gasteiger partial charge is 0.253 e. The van der Waals surface area contributed by atoms with Crippen molar-refractivity contribution in [2.75, 3.05) is 13.7 Å². The van der Waals surface area contributed by atoms with E-state index in [-0.39, 0.29) is 11.8 Å². The van der Waals surface area contributed by atoms with Crippen molar-refractivity contribution in [2.45, 2.75) is 52.6 Å². The molecular weight excluding hydrogens is 452 g/mol. The van der Waals surface area contributed by atoms with Crippen LogP contribution in [0, 0.1) is 13.8 Å². The summed E-state index contributed by atoms with van der Waals surface area (Å²) in [5.41, 5.74) is 3.47. The molecule has 0 aliphatic carbocycles. The van der Waals surface area contributed by atoms with Gasteiger partial charge in [0.25, 0.3) is 11.8 Å². The van der Waals surface area contributed by atoms with Gasteiger partial charge >= 0.3 is 0 Å². The van der Waals surface area contributed by atoms with Gasteiger partial charge in [-0.25, -0.2) is 0 Å². The molecule has 2 N–H and O–H groups in total. The van der Waals surface area contributed by atoms with Crippen LogP contribution in [0.25, 0.3) is 0 Å². The summed E-state index contributed by atoms with van der Waals surface area (Å²) in [6.07, 6.45) is 3.66. The van der Waals surface area contributed by atoms with E-state index in [1.807, 2.05) is 62.4 Å². The predicted molar refractivity (Wildman–Crippen MR) is 143 cm³/mol. The van der Waals surface area contributed by atoms with E-state index in [0.29, 0.717) is 34.8 Å². The molecule has 190 valence electrons. The molecule has 0 unspecified atom stereocenters. The van der Waals surface area contributed by atoms with Crippen LogP contribution in [0.15, 0.2) is 66.7 Å². The van der Waals surface area contributed by atoms with Gasteiger partial charge < -0.3 is 20.1 Å². The minimum Gasteiger partial charge on any atom is -0.493 e. The number of unbranched alkanes of at least 4 members (excludes halogenated alkanes) is 3. The van der Waals surface area contributed by atoms with E-state index in [1.54, 1.807) is 25.3 Å². The maximum absolute atomic E-state index is 13.2. The molecule has 0 atom stereocenters. The molecular formula is C30H36N2O4. The number of hydrogen-bond donors (Lipinski definition) is 2. The second-order valence-electron chi connectivity index (χ2n) is 8.83. The van der Waals surface area contributed by atoms with Gasteiger partial charge in [-0.05, 0) is 61.2 Å². The maximum Gasteiger partial charge on any atom is 0.253 e. The fraction of sp³-hybridized carbons (Fsp3) is 0.333. The average molecular weight is 489 g/mol. The lowest BCUT2D eigenvalue weighted by Gasteiger charge is -2.23. The first-order valence-corrected chi connectivity index (χ1v) is 12.5. The van der Waals surface area contributed by atoms with Crippen LogP contribution in [0.3, 0.4) is 0 Å². The van der Waals surface area contributed by atoms with Crippen molar-refractivity contribution in [3.63, 3.8) is 0 Å². The Bertz CT molecular complexity index is 1120. The van der Waals surface area contributed by atoms with Crippen molar-refractivity contribution in [1.82, 2.24) is 10.6 Å². The zero-order valence-electron chi connectivity index (χ0n) is 21.6.